The second-order valence-corrected chi connectivity index (χ2v) is 6.49. The summed E-state index contributed by atoms with van der Waals surface area (Å²) in [5, 5.41) is 3.19. The molecule has 1 aliphatic rings. The van der Waals surface area contributed by atoms with Crippen molar-refractivity contribution in [3.8, 4) is 0 Å². The molecule has 3 rings (SSSR count). The molecule has 100 valence electrons. The number of halogens is 1. The summed E-state index contributed by atoms with van der Waals surface area (Å²) in [6.45, 7) is 3.08. The summed E-state index contributed by atoms with van der Waals surface area (Å²) in [6, 6.07) is 0.257. The number of anilines is 1. The van der Waals surface area contributed by atoms with Gasteiger partial charge in [0.05, 0.1) is 16.2 Å². The Bertz CT molecular complexity index is 554. The predicted molar refractivity (Wildman–Crippen MR) is 80.5 cm³/mol. The van der Waals surface area contributed by atoms with Gasteiger partial charge in [-0.3, -0.25) is 0 Å². The Morgan fingerprint density at radius 1 is 1.32 bits per heavy atom. The molecule has 1 atom stereocenters. The van der Waals surface area contributed by atoms with Crippen molar-refractivity contribution < 1.29 is 0 Å². The molecule has 0 radical (unpaired) electrons. The van der Waals surface area contributed by atoms with Gasteiger partial charge in [0, 0.05) is 24.3 Å². The number of hydrogen-bond acceptors (Lipinski definition) is 5. The van der Waals surface area contributed by atoms with Gasteiger partial charge >= 0.3 is 0 Å². The lowest BCUT2D eigenvalue weighted by Crippen LogP contribution is -2.34. The normalized spacial score (nSPS) is 19.7. The quantitative estimate of drug-likeness (QED) is 0.836. The molecule has 1 unspecified atom stereocenters. The molecule has 1 aliphatic heterocycles. The molecule has 2 aromatic heterocycles. The van der Waals surface area contributed by atoms with Gasteiger partial charge in [-0.05, 0) is 42.1 Å². The van der Waals surface area contributed by atoms with Crippen LogP contribution in [0.1, 0.15) is 36.8 Å². The highest BCUT2D eigenvalue weighted by atomic mass is 79.9. The highest BCUT2D eigenvalue weighted by molar-refractivity contribution is 9.10. The van der Waals surface area contributed by atoms with Gasteiger partial charge in [-0.2, -0.15) is 0 Å². The molecular formula is C13H15BrN4S. The first-order chi connectivity index (χ1) is 9.24. The van der Waals surface area contributed by atoms with Crippen LogP contribution in [-0.4, -0.2) is 21.5 Å². The molecule has 0 N–H and O–H groups in total. The van der Waals surface area contributed by atoms with E-state index in [1.54, 1.807) is 11.3 Å². The fourth-order valence-corrected chi connectivity index (χ4v) is 3.48. The number of rotatable bonds is 2. The van der Waals surface area contributed by atoms with Gasteiger partial charge in [0.1, 0.15) is 0 Å². The smallest absolute Gasteiger partial charge is 0.186 e. The fourth-order valence-electron chi connectivity index (χ4n) is 2.40. The minimum Gasteiger partial charge on any atom is -0.338 e. The maximum atomic E-state index is 4.61. The maximum Gasteiger partial charge on any atom is 0.186 e. The van der Waals surface area contributed by atoms with Crippen LogP contribution >= 0.6 is 27.3 Å². The number of hydrogen-bond donors (Lipinski definition) is 0. The number of nitrogens with zero attached hydrogens (tertiary/aromatic N) is 4. The SMILES string of the molecule is Cc1csc(N2CCCCC2c2ncc(Br)cn2)n1. The number of thiazole rings is 1. The van der Waals surface area contributed by atoms with Crippen LogP contribution in [0.4, 0.5) is 5.13 Å². The van der Waals surface area contributed by atoms with Gasteiger partial charge in [-0.25, -0.2) is 15.0 Å². The van der Waals surface area contributed by atoms with E-state index < -0.39 is 0 Å². The molecule has 3 heterocycles. The Balaban J connectivity index is 1.90. The summed E-state index contributed by atoms with van der Waals surface area (Å²) in [7, 11) is 0. The molecule has 4 nitrogen and oxygen atoms in total. The van der Waals surface area contributed by atoms with Crippen molar-refractivity contribution in [1.29, 1.82) is 0 Å². The second-order valence-electron chi connectivity index (χ2n) is 4.74. The van der Waals surface area contributed by atoms with Crippen LogP contribution in [0.15, 0.2) is 22.2 Å². The van der Waals surface area contributed by atoms with Gasteiger partial charge in [0.2, 0.25) is 0 Å². The van der Waals surface area contributed by atoms with Crippen LogP contribution in [0, 0.1) is 6.92 Å². The van der Waals surface area contributed by atoms with Crippen LogP contribution in [-0.2, 0) is 0 Å². The molecule has 0 bridgehead atoms. The Kier molecular flexibility index (Phi) is 3.79. The molecule has 0 spiro atoms. The molecule has 0 saturated carbocycles. The first-order valence-corrected chi connectivity index (χ1v) is 8.07. The van der Waals surface area contributed by atoms with Gasteiger partial charge in [-0.1, -0.05) is 0 Å². The zero-order valence-corrected chi connectivity index (χ0v) is 13.1. The zero-order valence-electron chi connectivity index (χ0n) is 10.7. The third kappa shape index (κ3) is 2.79. The molecule has 1 saturated heterocycles. The van der Waals surface area contributed by atoms with E-state index in [2.05, 4.69) is 41.2 Å². The lowest BCUT2D eigenvalue weighted by Gasteiger charge is -2.34. The van der Waals surface area contributed by atoms with Crippen molar-refractivity contribution in [3.05, 3.63) is 33.8 Å². The maximum absolute atomic E-state index is 4.61. The summed E-state index contributed by atoms with van der Waals surface area (Å²) < 4.78 is 0.920. The Morgan fingerprint density at radius 3 is 2.79 bits per heavy atom. The molecule has 1 fully saturated rings. The van der Waals surface area contributed by atoms with Crippen molar-refractivity contribution in [2.45, 2.75) is 32.2 Å². The second kappa shape index (κ2) is 5.54. The molecule has 0 amide bonds. The average Bonchev–Trinajstić information content (AvgIpc) is 2.86. The number of aryl methyl sites for hydroxylation is 1. The van der Waals surface area contributed by atoms with Gasteiger partial charge < -0.3 is 4.90 Å². The van der Waals surface area contributed by atoms with Crippen LogP contribution in [0.3, 0.4) is 0 Å². The topological polar surface area (TPSA) is 41.9 Å². The third-order valence-electron chi connectivity index (χ3n) is 3.29. The Hall–Kier alpha value is -1.01. The van der Waals surface area contributed by atoms with E-state index in [0.29, 0.717) is 0 Å². The van der Waals surface area contributed by atoms with Crippen LogP contribution in [0.5, 0.6) is 0 Å². The first kappa shape index (κ1) is 13.0. The van der Waals surface area contributed by atoms with E-state index in [-0.39, 0.29) is 6.04 Å². The lowest BCUT2D eigenvalue weighted by molar-refractivity contribution is 0.455. The minimum absolute atomic E-state index is 0.257. The van der Waals surface area contributed by atoms with Crippen LogP contribution < -0.4 is 4.90 Å². The molecule has 6 heteroatoms. The molecule has 0 aromatic carbocycles. The zero-order chi connectivity index (χ0) is 13.2. The fraction of sp³-hybridized carbons (Fsp3) is 0.462. The lowest BCUT2D eigenvalue weighted by atomic mass is 10.0. The van der Waals surface area contributed by atoms with Crippen molar-refractivity contribution >= 4 is 32.4 Å². The van der Waals surface area contributed by atoms with Gasteiger partial charge in [0.15, 0.2) is 11.0 Å². The first-order valence-electron chi connectivity index (χ1n) is 6.40. The summed E-state index contributed by atoms with van der Waals surface area (Å²) in [6.07, 6.45) is 7.18. The monoisotopic (exact) mass is 338 g/mol. The molecule has 0 aliphatic carbocycles. The Morgan fingerprint density at radius 2 is 2.11 bits per heavy atom. The van der Waals surface area contributed by atoms with Crippen LogP contribution in [0.25, 0.3) is 0 Å². The van der Waals surface area contributed by atoms with Crippen LogP contribution in [0.2, 0.25) is 0 Å². The van der Waals surface area contributed by atoms with E-state index in [9.17, 15) is 0 Å². The minimum atomic E-state index is 0.257. The molecule has 2 aromatic rings. The predicted octanol–water partition coefficient (Wildman–Crippen LogP) is 3.74. The van der Waals surface area contributed by atoms with Crippen molar-refractivity contribution in [3.63, 3.8) is 0 Å². The van der Waals surface area contributed by atoms with Crippen molar-refractivity contribution in [1.82, 2.24) is 15.0 Å². The summed E-state index contributed by atoms with van der Waals surface area (Å²) in [4.78, 5) is 15.9. The highest BCUT2D eigenvalue weighted by Crippen LogP contribution is 2.35. The van der Waals surface area contributed by atoms with E-state index in [0.717, 1.165) is 34.1 Å². The molecule has 19 heavy (non-hydrogen) atoms. The largest absolute Gasteiger partial charge is 0.338 e. The standard InChI is InChI=1S/C13H15BrN4S/c1-9-8-19-13(17-9)18-5-3-2-4-11(18)12-15-6-10(14)7-16-12/h6-8,11H,2-5H2,1H3. The average molecular weight is 339 g/mol. The number of piperidine rings is 1. The van der Waals surface area contributed by atoms with Gasteiger partial charge in [0.25, 0.3) is 0 Å². The van der Waals surface area contributed by atoms with E-state index in [4.69, 9.17) is 0 Å². The Labute approximate surface area is 125 Å². The summed E-state index contributed by atoms with van der Waals surface area (Å²) in [5.74, 6) is 0.899. The highest BCUT2D eigenvalue weighted by Gasteiger charge is 2.27. The van der Waals surface area contributed by atoms with Crippen molar-refractivity contribution in [2.24, 2.45) is 0 Å². The van der Waals surface area contributed by atoms with Crippen molar-refractivity contribution in [2.75, 3.05) is 11.4 Å². The van der Waals surface area contributed by atoms with E-state index >= 15 is 0 Å². The summed E-state index contributed by atoms with van der Waals surface area (Å²) in [5.41, 5.74) is 1.08. The summed E-state index contributed by atoms with van der Waals surface area (Å²) >= 11 is 5.09. The number of aromatic nitrogens is 3. The third-order valence-corrected chi connectivity index (χ3v) is 4.70. The van der Waals surface area contributed by atoms with E-state index in [1.807, 2.05) is 19.3 Å². The molecular weight excluding hydrogens is 324 g/mol. The van der Waals surface area contributed by atoms with E-state index in [1.165, 1.54) is 12.8 Å². The van der Waals surface area contributed by atoms with Gasteiger partial charge in [-0.15, -0.1) is 11.3 Å².